The summed E-state index contributed by atoms with van der Waals surface area (Å²) in [7, 11) is 0. The van der Waals surface area contributed by atoms with Crippen molar-refractivity contribution in [2.24, 2.45) is 5.41 Å². The van der Waals surface area contributed by atoms with Crippen LogP contribution < -0.4 is 9.47 Å². The van der Waals surface area contributed by atoms with Gasteiger partial charge in [-0.25, -0.2) is 0 Å². The van der Waals surface area contributed by atoms with Crippen molar-refractivity contribution in [2.75, 3.05) is 13.2 Å². The quantitative estimate of drug-likeness (QED) is 0.919. The molecule has 1 saturated heterocycles. The first-order valence-electron chi connectivity index (χ1n) is 8.39. The molecule has 2 aliphatic rings. The van der Waals surface area contributed by atoms with Gasteiger partial charge in [-0.3, -0.25) is 9.59 Å². The smallest absolute Gasteiger partial charge is 0.311 e. The maximum Gasteiger partial charge on any atom is 0.311 e. The van der Waals surface area contributed by atoms with E-state index in [0.717, 1.165) is 0 Å². The second-order valence-corrected chi connectivity index (χ2v) is 6.65. The first kappa shape index (κ1) is 16.6. The van der Waals surface area contributed by atoms with E-state index in [9.17, 15) is 14.7 Å². The van der Waals surface area contributed by atoms with Gasteiger partial charge in [0.1, 0.15) is 6.61 Å². The number of para-hydroxylation sites is 2. The van der Waals surface area contributed by atoms with Crippen molar-refractivity contribution in [2.45, 2.75) is 45.3 Å². The topological polar surface area (TPSA) is 76.1 Å². The summed E-state index contributed by atoms with van der Waals surface area (Å²) in [6.07, 6.45) is 1.12. The number of carbonyl (C=O) groups is 2. The molecule has 1 fully saturated rings. The standard InChI is InChI=1S/C18H23NO5/c1-3-15-18(2,17(21)22)9-6-10-19(15)16(20)14-11-23-12-7-4-5-8-13(12)24-14/h4-5,7-8,14-15H,3,6,9-11H2,1-2H3,(H,21,22)/t14-,15+,18?/m1/s1. The minimum absolute atomic E-state index is 0.145. The zero-order chi connectivity index (χ0) is 17.3. The maximum absolute atomic E-state index is 13.0. The summed E-state index contributed by atoms with van der Waals surface area (Å²) in [5.74, 6) is 0.136. The van der Waals surface area contributed by atoms with E-state index in [1.54, 1.807) is 24.0 Å². The van der Waals surface area contributed by atoms with E-state index >= 15 is 0 Å². The number of rotatable bonds is 3. The fourth-order valence-electron chi connectivity index (χ4n) is 3.79. The molecule has 0 radical (unpaired) electrons. The van der Waals surface area contributed by atoms with E-state index in [4.69, 9.17) is 9.47 Å². The minimum atomic E-state index is -0.921. The van der Waals surface area contributed by atoms with Crippen LogP contribution in [0.1, 0.15) is 33.1 Å². The molecule has 0 aromatic heterocycles. The number of ether oxygens (including phenoxy) is 2. The third kappa shape index (κ3) is 2.70. The third-order valence-electron chi connectivity index (χ3n) is 5.15. The van der Waals surface area contributed by atoms with E-state index < -0.39 is 17.5 Å². The average molecular weight is 333 g/mol. The largest absolute Gasteiger partial charge is 0.485 e. The number of fused-ring (bicyclic) bond motifs is 1. The van der Waals surface area contributed by atoms with Crippen LogP contribution in [0.25, 0.3) is 0 Å². The van der Waals surface area contributed by atoms with Crippen molar-refractivity contribution in [3.8, 4) is 11.5 Å². The lowest BCUT2D eigenvalue weighted by molar-refractivity contribution is -0.163. The van der Waals surface area contributed by atoms with Crippen molar-refractivity contribution < 1.29 is 24.2 Å². The van der Waals surface area contributed by atoms with Crippen molar-refractivity contribution in [3.05, 3.63) is 24.3 Å². The number of hydrogen-bond acceptors (Lipinski definition) is 4. The van der Waals surface area contributed by atoms with Gasteiger partial charge in [-0.2, -0.15) is 0 Å². The van der Waals surface area contributed by atoms with Gasteiger partial charge in [0, 0.05) is 12.6 Å². The summed E-state index contributed by atoms with van der Waals surface area (Å²) < 4.78 is 11.4. The molecule has 0 bridgehead atoms. The molecule has 130 valence electrons. The van der Waals surface area contributed by atoms with Crippen LogP contribution in [0.4, 0.5) is 0 Å². The van der Waals surface area contributed by atoms with Gasteiger partial charge in [0.05, 0.1) is 5.41 Å². The molecule has 1 unspecified atom stereocenters. The van der Waals surface area contributed by atoms with Gasteiger partial charge in [-0.1, -0.05) is 19.1 Å². The highest BCUT2D eigenvalue weighted by Gasteiger charge is 2.48. The molecule has 2 aliphatic heterocycles. The van der Waals surface area contributed by atoms with E-state index in [1.807, 2.05) is 19.1 Å². The molecule has 0 aliphatic carbocycles. The fourth-order valence-corrected chi connectivity index (χ4v) is 3.79. The summed E-state index contributed by atoms with van der Waals surface area (Å²) >= 11 is 0. The van der Waals surface area contributed by atoms with Gasteiger partial charge < -0.3 is 19.5 Å². The Hall–Kier alpha value is -2.24. The number of hydrogen-bond donors (Lipinski definition) is 1. The number of benzene rings is 1. The molecular formula is C18H23NO5. The van der Waals surface area contributed by atoms with Crippen LogP contribution in [-0.4, -0.2) is 47.2 Å². The van der Waals surface area contributed by atoms with Crippen molar-refractivity contribution >= 4 is 11.9 Å². The third-order valence-corrected chi connectivity index (χ3v) is 5.15. The molecule has 6 nitrogen and oxygen atoms in total. The molecule has 6 heteroatoms. The van der Waals surface area contributed by atoms with Crippen LogP contribution in [0.15, 0.2) is 24.3 Å². The molecule has 24 heavy (non-hydrogen) atoms. The molecule has 0 spiro atoms. The summed E-state index contributed by atoms with van der Waals surface area (Å²) in [6, 6.07) is 6.90. The predicted octanol–water partition coefficient (Wildman–Crippen LogP) is 2.32. The van der Waals surface area contributed by atoms with Crippen molar-refractivity contribution in [1.82, 2.24) is 4.90 Å². The normalized spacial score (nSPS) is 29.2. The van der Waals surface area contributed by atoms with Crippen molar-refractivity contribution in [3.63, 3.8) is 0 Å². The van der Waals surface area contributed by atoms with Gasteiger partial charge in [0.25, 0.3) is 5.91 Å². The molecule has 3 rings (SSSR count). The molecule has 1 N–H and O–H groups in total. The second kappa shape index (κ2) is 6.34. The number of likely N-dealkylation sites (tertiary alicyclic amines) is 1. The van der Waals surface area contributed by atoms with Gasteiger partial charge in [0.15, 0.2) is 11.5 Å². The van der Waals surface area contributed by atoms with Crippen LogP contribution in [-0.2, 0) is 9.59 Å². The lowest BCUT2D eigenvalue weighted by Crippen LogP contribution is -2.59. The zero-order valence-electron chi connectivity index (χ0n) is 14.0. The molecule has 1 aromatic carbocycles. The van der Waals surface area contributed by atoms with E-state index in [2.05, 4.69) is 0 Å². The molecule has 1 amide bonds. The number of nitrogens with zero attached hydrogens (tertiary/aromatic N) is 1. The van der Waals surface area contributed by atoms with Crippen LogP contribution in [0.5, 0.6) is 11.5 Å². The summed E-state index contributed by atoms with van der Waals surface area (Å²) in [5.41, 5.74) is -0.921. The Balaban J connectivity index is 1.80. The van der Waals surface area contributed by atoms with Gasteiger partial charge in [-0.05, 0) is 38.3 Å². The van der Waals surface area contributed by atoms with Crippen LogP contribution >= 0.6 is 0 Å². The van der Waals surface area contributed by atoms with Gasteiger partial charge in [-0.15, -0.1) is 0 Å². The Morgan fingerprint density at radius 3 is 2.71 bits per heavy atom. The number of aliphatic carboxylic acids is 1. The number of carbonyl (C=O) groups excluding carboxylic acids is 1. The fraction of sp³-hybridized carbons (Fsp3) is 0.556. The predicted molar refractivity (Wildman–Crippen MR) is 87.1 cm³/mol. The number of amides is 1. The highest BCUT2D eigenvalue weighted by atomic mass is 16.6. The van der Waals surface area contributed by atoms with Crippen LogP contribution in [0.2, 0.25) is 0 Å². The number of carboxylic acid groups (broad SMARTS) is 1. The molecule has 2 heterocycles. The van der Waals surface area contributed by atoms with E-state index in [1.165, 1.54) is 0 Å². The second-order valence-electron chi connectivity index (χ2n) is 6.65. The summed E-state index contributed by atoms with van der Waals surface area (Å²) in [4.78, 5) is 26.4. The van der Waals surface area contributed by atoms with E-state index in [-0.39, 0.29) is 18.6 Å². The first-order chi connectivity index (χ1) is 11.5. The minimum Gasteiger partial charge on any atom is -0.485 e. The van der Waals surface area contributed by atoms with Gasteiger partial charge in [0.2, 0.25) is 6.10 Å². The highest BCUT2D eigenvalue weighted by Crippen LogP contribution is 2.39. The zero-order valence-corrected chi connectivity index (χ0v) is 14.0. The first-order valence-corrected chi connectivity index (χ1v) is 8.39. The lowest BCUT2D eigenvalue weighted by atomic mass is 9.73. The monoisotopic (exact) mass is 333 g/mol. The van der Waals surface area contributed by atoms with Gasteiger partial charge >= 0.3 is 5.97 Å². The lowest BCUT2D eigenvalue weighted by Gasteiger charge is -2.46. The van der Waals surface area contributed by atoms with Crippen molar-refractivity contribution in [1.29, 1.82) is 0 Å². The summed E-state index contributed by atoms with van der Waals surface area (Å²) in [5, 5.41) is 9.65. The Kier molecular flexibility index (Phi) is 4.39. The van der Waals surface area contributed by atoms with Crippen LogP contribution in [0.3, 0.4) is 0 Å². The molecule has 0 saturated carbocycles. The maximum atomic E-state index is 13.0. The summed E-state index contributed by atoms with van der Waals surface area (Å²) in [6.45, 7) is 4.36. The molecule has 3 atom stereocenters. The Labute approximate surface area is 141 Å². The molecule has 1 aromatic rings. The average Bonchev–Trinajstić information content (AvgIpc) is 2.60. The highest BCUT2D eigenvalue weighted by molar-refractivity contribution is 5.84. The molecular weight excluding hydrogens is 310 g/mol. The Morgan fingerprint density at radius 2 is 2.04 bits per heavy atom. The van der Waals surface area contributed by atoms with E-state index in [0.29, 0.717) is 37.3 Å². The number of piperidine rings is 1. The SMILES string of the molecule is CC[C@@H]1N(C(=O)[C@H]2COc3ccccc3O2)CCCC1(C)C(=O)O. The Morgan fingerprint density at radius 1 is 1.33 bits per heavy atom. The number of carboxylic acids is 1. The Bertz CT molecular complexity index is 646. The van der Waals surface area contributed by atoms with Crippen LogP contribution in [0, 0.1) is 5.41 Å².